The average molecular weight is 191 g/mol. The van der Waals surface area contributed by atoms with E-state index in [0.717, 1.165) is 0 Å². The highest BCUT2D eigenvalue weighted by atomic mass is 16.5. The first-order valence-corrected chi connectivity index (χ1v) is 3.88. The van der Waals surface area contributed by atoms with Gasteiger partial charge in [-0.15, -0.1) is 6.42 Å². The third kappa shape index (κ3) is 3.07. The van der Waals surface area contributed by atoms with Gasteiger partial charge in [0.15, 0.2) is 6.61 Å². The van der Waals surface area contributed by atoms with Gasteiger partial charge in [0.2, 0.25) is 0 Å². The van der Waals surface area contributed by atoms with Crippen LogP contribution in [0.3, 0.4) is 0 Å². The van der Waals surface area contributed by atoms with E-state index in [9.17, 15) is 4.79 Å². The van der Waals surface area contributed by atoms with Crippen molar-refractivity contribution in [2.75, 3.05) is 11.9 Å². The van der Waals surface area contributed by atoms with Gasteiger partial charge in [0.25, 0.3) is 0 Å². The first-order chi connectivity index (χ1) is 6.72. The molecule has 0 aliphatic rings. The largest absolute Gasteiger partial charge is 0.508 e. The predicted molar refractivity (Wildman–Crippen MR) is 51.9 cm³/mol. The van der Waals surface area contributed by atoms with Gasteiger partial charge >= 0.3 is 6.09 Å². The number of nitrogens with one attached hydrogen (secondary N) is 1. The Labute approximate surface area is 81.5 Å². The van der Waals surface area contributed by atoms with E-state index in [1.165, 1.54) is 12.1 Å². The molecule has 4 heteroatoms. The minimum absolute atomic E-state index is 0.0692. The Morgan fingerprint density at radius 1 is 1.64 bits per heavy atom. The molecule has 0 saturated heterocycles. The Hall–Kier alpha value is -2.15. The van der Waals surface area contributed by atoms with E-state index in [1.807, 2.05) is 0 Å². The van der Waals surface area contributed by atoms with Crippen LogP contribution >= 0.6 is 0 Å². The summed E-state index contributed by atoms with van der Waals surface area (Å²) in [6, 6.07) is 6.12. The average Bonchev–Trinajstić information content (AvgIpc) is 2.15. The van der Waals surface area contributed by atoms with Gasteiger partial charge < -0.3 is 9.84 Å². The number of aromatic hydroxyl groups is 1. The van der Waals surface area contributed by atoms with Gasteiger partial charge in [0, 0.05) is 11.8 Å². The van der Waals surface area contributed by atoms with E-state index in [1.54, 1.807) is 12.1 Å². The van der Waals surface area contributed by atoms with Gasteiger partial charge in [-0.05, 0) is 12.1 Å². The number of carbonyl (C=O) groups excluding carboxylic acids is 1. The molecule has 14 heavy (non-hydrogen) atoms. The van der Waals surface area contributed by atoms with Crippen LogP contribution in [0.2, 0.25) is 0 Å². The molecular weight excluding hydrogens is 182 g/mol. The molecule has 0 aromatic heterocycles. The fourth-order valence-electron chi connectivity index (χ4n) is 0.845. The molecule has 1 amide bonds. The van der Waals surface area contributed by atoms with Crippen LogP contribution in [0.4, 0.5) is 10.5 Å². The summed E-state index contributed by atoms with van der Waals surface area (Å²) >= 11 is 0. The molecule has 0 atom stereocenters. The lowest BCUT2D eigenvalue weighted by molar-refractivity contribution is 0.176. The van der Waals surface area contributed by atoms with E-state index in [0.29, 0.717) is 5.69 Å². The molecule has 0 aliphatic heterocycles. The van der Waals surface area contributed by atoms with E-state index in [4.69, 9.17) is 11.5 Å². The number of hydrogen-bond acceptors (Lipinski definition) is 3. The first-order valence-electron chi connectivity index (χ1n) is 3.88. The fraction of sp³-hybridized carbons (Fsp3) is 0.100. The summed E-state index contributed by atoms with van der Waals surface area (Å²) in [5.74, 6) is 2.23. The lowest BCUT2D eigenvalue weighted by Gasteiger charge is -2.04. The van der Waals surface area contributed by atoms with Crippen LogP contribution in [0.25, 0.3) is 0 Å². The second-order valence-electron chi connectivity index (χ2n) is 2.46. The fourth-order valence-corrected chi connectivity index (χ4v) is 0.845. The van der Waals surface area contributed by atoms with Crippen molar-refractivity contribution < 1.29 is 14.6 Å². The van der Waals surface area contributed by atoms with Crippen molar-refractivity contribution in [3.05, 3.63) is 24.3 Å². The standard InChI is InChI=1S/C10H9NO3/c1-2-6-14-10(13)11-8-4-3-5-9(12)7-8/h1,3-5,7,12H,6H2,(H,11,13). The molecule has 0 heterocycles. The third-order valence-corrected chi connectivity index (χ3v) is 1.38. The van der Waals surface area contributed by atoms with E-state index in [2.05, 4.69) is 16.0 Å². The molecule has 1 rings (SSSR count). The van der Waals surface area contributed by atoms with Crippen molar-refractivity contribution in [2.24, 2.45) is 0 Å². The number of terminal acetylenes is 1. The molecule has 2 N–H and O–H groups in total. The van der Waals surface area contributed by atoms with E-state index in [-0.39, 0.29) is 12.4 Å². The van der Waals surface area contributed by atoms with Gasteiger partial charge in [-0.3, -0.25) is 5.32 Å². The van der Waals surface area contributed by atoms with Crippen molar-refractivity contribution in [1.82, 2.24) is 0 Å². The number of rotatable bonds is 2. The highest BCUT2D eigenvalue weighted by Crippen LogP contribution is 2.15. The van der Waals surface area contributed by atoms with Gasteiger partial charge in [0.05, 0.1) is 0 Å². The molecule has 0 saturated carbocycles. The smallest absolute Gasteiger partial charge is 0.412 e. The molecule has 1 aromatic carbocycles. The molecule has 0 bridgehead atoms. The predicted octanol–water partition coefficient (Wildman–Crippen LogP) is 1.57. The highest BCUT2D eigenvalue weighted by Gasteiger charge is 2.01. The van der Waals surface area contributed by atoms with Crippen LogP contribution in [0.15, 0.2) is 24.3 Å². The minimum Gasteiger partial charge on any atom is -0.508 e. The van der Waals surface area contributed by atoms with Crippen molar-refractivity contribution in [1.29, 1.82) is 0 Å². The van der Waals surface area contributed by atoms with Crippen LogP contribution in [0.1, 0.15) is 0 Å². The van der Waals surface area contributed by atoms with Crippen molar-refractivity contribution in [3.8, 4) is 18.1 Å². The molecule has 0 radical (unpaired) electrons. The van der Waals surface area contributed by atoms with Crippen LogP contribution < -0.4 is 5.32 Å². The Balaban J connectivity index is 2.53. The zero-order chi connectivity index (χ0) is 10.4. The zero-order valence-corrected chi connectivity index (χ0v) is 7.36. The van der Waals surface area contributed by atoms with Gasteiger partial charge in [0.1, 0.15) is 5.75 Å². The summed E-state index contributed by atoms with van der Waals surface area (Å²) < 4.78 is 4.57. The van der Waals surface area contributed by atoms with Crippen molar-refractivity contribution >= 4 is 11.8 Å². The highest BCUT2D eigenvalue weighted by molar-refractivity contribution is 5.84. The molecule has 4 nitrogen and oxygen atoms in total. The number of amides is 1. The monoisotopic (exact) mass is 191 g/mol. The van der Waals surface area contributed by atoms with Crippen LogP contribution in [-0.2, 0) is 4.74 Å². The van der Waals surface area contributed by atoms with Gasteiger partial charge in [-0.1, -0.05) is 12.0 Å². The normalized spacial score (nSPS) is 8.79. The number of ether oxygens (including phenoxy) is 1. The molecular formula is C10H9NO3. The second-order valence-corrected chi connectivity index (χ2v) is 2.46. The number of phenols is 1. The molecule has 1 aromatic rings. The van der Waals surface area contributed by atoms with Crippen molar-refractivity contribution in [3.63, 3.8) is 0 Å². The lowest BCUT2D eigenvalue weighted by atomic mass is 10.3. The third-order valence-electron chi connectivity index (χ3n) is 1.38. The first kappa shape index (κ1) is 9.93. The van der Waals surface area contributed by atoms with E-state index < -0.39 is 6.09 Å². The summed E-state index contributed by atoms with van der Waals surface area (Å²) in [6.45, 7) is -0.0787. The van der Waals surface area contributed by atoms with Crippen molar-refractivity contribution in [2.45, 2.75) is 0 Å². The van der Waals surface area contributed by atoms with Crippen LogP contribution in [0, 0.1) is 12.3 Å². The second kappa shape index (κ2) is 4.77. The topological polar surface area (TPSA) is 58.6 Å². The molecule has 0 fully saturated rings. The Bertz CT molecular complexity index is 368. The lowest BCUT2D eigenvalue weighted by Crippen LogP contribution is -2.13. The molecule has 0 spiro atoms. The maximum absolute atomic E-state index is 11.0. The molecule has 72 valence electrons. The maximum Gasteiger partial charge on any atom is 0.412 e. The zero-order valence-electron chi connectivity index (χ0n) is 7.36. The summed E-state index contributed by atoms with van der Waals surface area (Å²) in [7, 11) is 0. The Morgan fingerprint density at radius 3 is 3.07 bits per heavy atom. The minimum atomic E-state index is -0.645. The number of carbonyl (C=O) groups is 1. The van der Waals surface area contributed by atoms with Crippen LogP contribution in [0.5, 0.6) is 5.75 Å². The molecule has 0 aliphatic carbocycles. The number of phenolic OH excluding ortho intramolecular Hbond substituents is 1. The van der Waals surface area contributed by atoms with Gasteiger partial charge in [-0.2, -0.15) is 0 Å². The number of benzene rings is 1. The number of anilines is 1. The summed E-state index contributed by atoms with van der Waals surface area (Å²) in [4.78, 5) is 11.0. The Kier molecular flexibility index (Phi) is 3.39. The van der Waals surface area contributed by atoms with E-state index >= 15 is 0 Å². The molecule has 0 unspecified atom stereocenters. The number of hydrogen-bond donors (Lipinski definition) is 2. The van der Waals surface area contributed by atoms with Crippen LogP contribution in [-0.4, -0.2) is 17.8 Å². The summed E-state index contributed by atoms with van der Waals surface area (Å²) in [5, 5.41) is 11.5. The SMILES string of the molecule is C#CCOC(=O)Nc1cccc(O)c1. The maximum atomic E-state index is 11.0. The summed E-state index contributed by atoms with van der Waals surface area (Å²) in [6.07, 6.45) is 4.25. The summed E-state index contributed by atoms with van der Waals surface area (Å²) in [5.41, 5.74) is 0.451. The Morgan fingerprint density at radius 2 is 2.43 bits per heavy atom. The van der Waals surface area contributed by atoms with Gasteiger partial charge in [-0.25, -0.2) is 4.79 Å². The quantitative estimate of drug-likeness (QED) is 0.697.